The second-order valence-electron chi connectivity index (χ2n) is 11.3. The molecule has 3 atom stereocenters. The van der Waals surface area contributed by atoms with Gasteiger partial charge in [0.15, 0.2) is 0 Å². The fraction of sp³-hybridized carbons (Fsp3) is 0.594. The third-order valence-corrected chi connectivity index (χ3v) is 8.65. The normalized spacial score (nSPS) is 22.9. The van der Waals surface area contributed by atoms with E-state index in [1.54, 1.807) is 14.2 Å². The van der Waals surface area contributed by atoms with Gasteiger partial charge in [-0.15, -0.1) is 0 Å². The van der Waals surface area contributed by atoms with Crippen LogP contribution in [0.4, 0.5) is 5.69 Å². The molecule has 2 aliphatic heterocycles. The molecule has 1 aliphatic carbocycles. The number of ether oxygens (including phenoxy) is 4. The monoisotopic (exact) mass is 551 g/mol. The second-order valence-corrected chi connectivity index (χ2v) is 11.3. The minimum absolute atomic E-state index is 0.0272. The second kappa shape index (κ2) is 14.2. The Bertz CT molecular complexity index is 1090. The van der Waals surface area contributed by atoms with E-state index >= 15 is 0 Å². The zero-order chi connectivity index (χ0) is 27.7. The number of piperidine rings is 1. The van der Waals surface area contributed by atoms with Crippen LogP contribution < -0.4 is 25.0 Å². The first-order valence-corrected chi connectivity index (χ1v) is 14.9. The van der Waals surface area contributed by atoms with Crippen molar-refractivity contribution in [1.82, 2.24) is 10.6 Å². The Morgan fingerprint density at radius 3 is 2.70 bits per heavy atom. The lowest BCUT2D eigenvalue weighted by molar-refractivity contribution is -0.125. The van der Waals surface area contributed by atoms with E-state index in [2.05, 4.69) is 45.9 Å². The Morgan fingerprint density at radius 1 is 1.10 bits per heavy atom. The molecule has 0 radical (unpaired) electrons. The van der Waals surface area contributed by atoms with Crippen molar-refractivity contribution in [3.8, 4) is 11.5 Å². The summed E-state index contributed by atoms with van der Waals surface area (Å²) in [6.45, 7) is 6.03. The van der Waals surface area contributed by atoms with E-state index in [-0.39, 0.29) is 29.8 Å². The molecule has 5 rings (SSSR count). The zero-order valence-electron chi connectivity index (χ0n) is 24.0. The molecule has 2 fully saturated rings. The summed E-state index contributed by atoms with van der Waals surface area (Å²) in [5.74, 6) is 2.53. The van der Waals surface area contributed by atoms with Gasteiger partial charge in [-0.3, -0.25) is 4.79 Å². The van der Waals surface area contributed by atoms with Crippen LogP contribution in [0, 0.1) is 11.8 Å². The Balaban J connectivity index is 1.29. The van der Waals surface area contributed by atoms with Crippen molar-refractivity contribution in [2.24, 2.45) is 11.8 Å². The van der Waals surface area contributed by atoms with Crippen molar-refractivity contribution in [3.05, 3.63) is 53.6 Å². The van der Waals surface area contributed by atoms with Gasteiger partial charge in [0.05, 0.1) is 32.1 Å². The molecule has 40 heavy (non-hydrogen) atoms. The van der Waals surface area contributed by atoms with Crippen molar-refractivity contribution in [3.63, 3.8) is 0 Å². The molecule has 2 aromatic carbocycles. The molecule has 2 unspecified atom stereocenters. The Morgan fingerprint density at radius 2 is 1.93 bits per heavy atom. The van der Waals surface area contributed by atoms with Crippen molar-refractivity contribution in [1.29, 1.82) is 0 Å². The van der Waals surface area contributed by atoms with Gasteiger partial charge >= 0.3 is 0 Å². The number of benzene rings is 2. The smallest absolute Gasteiger partial charge is 0.223 e. The van der Waals surface area contributed by atoms with Crippen LogP contribution in [0.15, 0.2) is 42.5 Å². The van der Waals surface area contributed by atoms with E-state index in [4.69, 9.17) is 18.9 Å². The molecule has 0 bridgehead atoms. The molecule has 8 heteroatoms. The molecule has 1 saturated heterocycles. The summed E-state index contributed by atoms with van der Waals surface area (Å²) >= 11 is 0. The van der Waals surface area contributed by atoms with Crippen molar-refractivity contribution in [2.75, 3.05) is 65.1 Å². The summed E-state index contributed by atoms with van der Waals surface area (Å²) in [4.78, 5) is 15.2. The van der Waals surface area contributed by atoms with Gasteiger partial charge in [-0.25, -0.2) is 0 Å². The lowest BCUT2D eigenvalue weighted by Gasteiger charge is -2.39. The molecular formula is C32H45N3O5. The number of hydrogen-bond acceptors (Lipinski definition) is 7. The van der Waals surface area contributed by atoms with Gasteiger partial charge in [-0.1, -0.05) is 31.0 Å². The lowest BCUT2D eigenvalue weighted by atomic mass is 9.79. The Hall–Kier alpha value is -2.81. The van der Waals surface area contributed by atoms with E-state index in [1.165, 1.54) is 5.56 Å². The standard InChI is InChI=1S/C32H45N3O5/c1-37-16-5-14-35-15-17-39-29-13-8-23(18-28(29)35)22-40-30-21-33-19-26(20-34-32(36)25-6-3-4-7-25)31(30)24-9-11-27(38-2)12-10-24/h8-13,18,25-26,30-31,33H,3-7,14-17,19-22H2,1-2H3,(H,34,36)/t26?,30-,31?/m0/s1. The van der Waals surface area contributed by atoms with Gasteiger partial charge in [-0.2, -0.15) is 0 Å². The molecule has 218 valence electrons. The van der Waals surface area contributed by atoms with Crippen LogP contribution in [0.2, 0.25) is 0 Å². The van der Waals surface area contributed by atoms with Crippen LogP contribution in [-0.4, -0.2) is 72.2 Å². The predicted molar refractivity (Wildman–Crippen MR) is 156 cm³/mol. The van der Waals surface area contributed by atoms with Crippen molar-refractivity contribution < 1.29 is 23.7 Å². The summed E-state index contributed by atoms with van der Waals surface area (Å²) in [5, 5.41) is 6.86. The molecule has 2 aromatic rings. The number of fused-ring (bicyclic) bond motifs is 1. The third-order valence-electron chi connectivity index (χ3n) is 8.65. The quantitative estimate of drug-likeness (QED) is 0.384. The highest BCUT2D eigenvalue weighted by atomic mass is 16.5. The maximum Gasteiger partial charge on any atom is 0.223 e. The van der Waals surface area contributed by atoms with Crippen LogP contribution in [0.3, 0.4) is 0 Å². The summed E-state index contributed by atoms with van der Waals surface area (Å²) in [6, 6.07) is 14.7. The van der Waals surface area contributed by atoms with Gasteiger partial charge in [0, 0.05) is 51.7 Å². The lowest BCUT2D eigenvalue weighted by Crippen LogP contribution is -2.50. The number of hydrogen-bond donors (Lipinski definition) is 2. The highest BCUT2D eigenvalue weighted by molar-refractivity contribution is 5.78. The zero-order valence-corrected chi connectivity index (χ0v) is 24.0. The van der Waals surface area contributed by atoms with E-state index in [1.807, 2.05) is 12.1 Å². The summed E-state index contributed by atoms with van der Waals surface area (Å²) in [6.07, 6.45) is 5.30. The summed E-state index contributed by atoms with van der Waals surface area (Å²) in [5.41, 5.74) is 3.48. The third kappa shape index (κ3) is 7.09. The summed E-state index contributed by atoms with van der Waals surface area (Å²) in [7, 11) is 3.44. The van der Waals surface area contributed by atoms with Gasteiger partial charge in [-0.05, 0) is 60.6 Å². The molecule has 8 nitrogen and oxygen atoms in total. The Kier molecular flexibility index (Phi) is 10.2. The van der Waals surface area contributed by atoms with Crippen LogP contribution in [0.5, 0.6) is 11.5 Å². The number of carbonyl (C=O) groups is 1. The number of carbonyl (C=O) groups excluding carboxylic acids is 1. The fourth-order valence-corrected chi connectivity index (χ4v) is 6.45. The Labute approximate surface area is 238 Å². The van der Waals surface area contributed by atoms with Crippen LogP contribution in [0.1, 0.15) is 49.1 Å². The van der Waals surface area contributed by atoms with Crippen LogP contribution >= 0.6 is 0 Å². The molecule has 3 aliphatic rings. The van der Waals surface area contributed by atoms with E-state index < -0.39 is 0 Å². The fourth-order valence-electron chi connectivity index (χ4n) is 6.45. The van der Waals surface area contributed by atoms with Gasteiger partial charge in [0.2, 0.25) is 5.91 Å². The molecule has 2 heterocycles. The minimum atomic E-state index is -0.0272. The number of methoxy groups -OCH3 is 2. The predicted octanol–water partition coefficient (Wildman–Crippen LogP) is 4.13. The van der Waals surface area contributed by atoms with Gasteiger partial charge < -0.3 is 34.5 Å². The van der Waals surface area contributed by atoms with E-state index in [9.17, 15) is 4.79 Å². The van der Waals surface area contributed by atoms with E-state index in [0.29, 0.717) is 19.8 Å². The number of nitrogens with one attached hydrogen (secondary N) is 2. The SMILES string of the molecule is COCCCN1CCOc2ccc(CO[C@H]3CNCC(CNC(=O)C4CCCC4)C3c3ccc(OC)cc3)cc21. The summed E-state index contributed by atoms with van der Waals surface area (Å²) < 4.78 is 23.3. The first kappa shape index (κ1) is 28.7. The average molecular weight is 552 g/mol. The molecular weight excluding hydrogens is 506 g/mol. The molecule has 0 spiro atoms. The van der Waals surface area contributed by atoms with Gasteiger partial charge in [0.1, 0.15) is 18.1 Å². The average Bonchev–Trinajstić information content (AvgIpc) is 3.54. The number of nitrogens with zero attached hydrogens (tertiary/aromatic N) is 1. The molecule has 1 saturated carbocycles. The first-order valence-electron chi connectivity index (χ1n) is 14.9. The highest BCUT2D eigenvalue weighted by Crippen LogP contribution is 2.36. The highest BCUT2D eigenvalue weighted by Gasteiger charge is 2.36. The maximum atomic E-state index is 12.8. The first-order chi connectivity index (χ1) is 19.7. The van der Waals surface area contributed by atoms with Crippen LogP contribution in [0.25, 0.3) is 0 Å². The minimum Gasteiger partial charge on any atom is -0.497 e. The molecule has 1 amide bonds. The maximum absolute atomic E-state index is 12.8. The molecule has 2 N–H and O–H groups in total. The number of anilines is 1. The van der Waals surface area contributed by atoms with E-state index in [0.717, 1.165) is 87.6 Å². The van der Waals surface area contributed by atoms with Crippen molar-refractivity contribution in [2.45, 2.75) is 50.7 Å². The van der Waals surface area contributed by atoms with Gasteiger partial charge in [0.25, 0.3) is 0 Å². The topological polar surface area (TPSA) is 81.3 Å². The molecule has 0 aromatic heterocycles. The number of amides is 1. The largest absolute Gasteiger partial charge is 0.497 e. The van der Waals surface area contributed by atoms with Crippen molar-refractivity contribution >= 4 is 11.6 Å². The number of rotatable bonds is 12. The van der Waals surface area contributed by atoms with Crippen LogP contribution in [-0.2, 0) is 20.9 Å².